The maximum Gasteiger partial charge on any atom is 0.350 e. The Morgan fingerprint density at radius 3 is 2.20 bits per heavy atom. The van der Waals surface area contributed by atoms with Gasteiger partial charge >= 0.3 is 5.97 Å². The van der Waals surface area contributed by atoms with E-state index in [1.165, 1.54) is 0 Å². The number of halogens is 2. The number of ketones is 1. The van der Waals surface area contributed by atoms with Crippen molar-refractivity contribution in [2.45, 2.75) is 25.4 Å². The van der Waals surface area contributed by atoms with Gasteiger partial charge in [-0.3, -0.25) is 4.79 Å². The van der Waals surface area contributed by atoms with Crippen LogP contribution in [0, 0.1) is 0 Å². The van der Waals surface area contributed by atoms with E-state index >= 15 is 0 Å². The fourth-order valence-electron chi connectivity index (χ4n) is 2.43. The number of esters is 1. The van der Waals surface area contributed by atoms with Crippen molar-refractivity contribution in [3.8, 4) is 5.75 Å². The molecule has 0 amide bonds. The van der Waals surface area contributed by atoms with Crippen LogP contribution in [0.15, 0.2) is 51.4 Å². The molecule has 1 saturated carbocycles. The van der Waals surface area contributed by atoms with Gasteiger partial charge in [0, 0.05) is 32.9 Å². The molecule has 25 heavy (non-hydrogen) atoms. The highest BCUT2D eigenvalue weighted by Crippen LogP contribution is 2.41. The minimum absolute atomic E-state index is 0.0775. The van der Waals surface area contributed by atoms with Crippen molar-refractivity contribution in [3.05, 3.63) is 62.5 Å². The second-order valence-corrected chi connectivity index (χ2v) is 7.51. The molecule has 0 saturated heterocycles. The van der Waals surface area contributed by atoms with Crippen LogP contribution in [-0.4, -0.2) is 24.0 Å². The molecule has 2 aromatic carbocycles. The van der Waals surface area contributed by atoms with Crippen LogP contribution >= 0.6 is 31.9 Å². The summed E-state index contributed by atoms with van der Waals surface area (Å²) in [7, 11) is 0. The third kappa shape index (κ3) is 3.96. The zero-order valence-corrected chi connectivity index (χ0v) is 16.7. The summed E-state index contributed by atoms with van der Waals surface area (Å²) in [5.41, 5.74) is 0.300. The molecule has 1 aliphatic rings. The van der Waals surface area contributed by atoms with E-state index in [1.807, 2.05) is 6.07 Å². The molecule has 130 valence electrons. The lowest BCUT2D eigenvalue weighted by atomic mass is 10.0. The average molecular weight is 468 g/mol. The maximum atomic E-state index is 12.6. The van der Waals surface area contributed by atoms with Crippen molar-refractivity contribution < 1.29 is 19.1 Å². The highest BCUT2D eigenvalue weighted by Gasteiger charge is 2.54. The van der Waals surface area contributed by atoms with Crippen molar-refractivity contribution >= 4 is 43.6 Å². The van der Waals surface area contributed by atoms with Gasteiger partial charge in [-0.2, -0.15) is 0 Å². The summed E-state index contributed by atoms with van der Waals surface area (Å²) in [5, 5.41) is 0. The first-order valence-electron chi connectivity index (χ1n) is 7.91. The lowest BCUT2D eigenvalue weighted by molar-refractivity contribution is -0.153. The summed E-state index contributed by atoms with van der Waals surface area (Å²) in [6, 6.07) is 12.2. The molecular formula is C19H16Br2O4. The fourth-order valence-corrected chi connectivity index (χ4v) is 3.05. The molecule has 2 aromatic rings. The van der Waals surface area contributed by atoms with Crippen LogP contribution < -0.4 is 4.74 Å². The van der Waals surface area contributed by atoms with Crippen LogP contribution in [0.4, 0.5) is 0 Å². The Labute approximate surface area is 162 Å². The zero-order chi connectivity index (χ0) is 18.0. The molecule has 0 spiro atoms. The number of hydrogen-bond acceptors (Lipinski definition) is 4. The van der Waals surface area contributed by atoms with Gasteiger partial charge in [-0.05, 0) is 81.2 Å². The van der Waals surface area contributed by atoms with Crippen molar-refractivity contribution in [2.24, 2.45) is 0 Å². The molecule has 1 fully saturated rings. The standard InChI is InChI=1S/C19H16Br2O4/c1-2-24-18(23)19(9-10-19)25-14-6-3-12(4-7-14)17(22)13-5-8-15(20)16(21)11-13/h3-8,11H,2,9-10H2,1H3. The summed E-state index contributed by atoms with van der Waals surface area (Å²) in [6.07, 6.45) is 1.30. The van der Waals surface area contributed by atoms with E-state index in [2.05, 4.69) is 31.9 Å². The Morgan fingerprint density at radius 2 is 1.64 bits per heavy atom. The number of rotatable bonds is 6. The first-order chi connectivity index (χ1) is 11.9. The number of carbonyl (C=O) groups excluding carboxylic acids is 2. The van der Waals surface area contributed by atoms with E-state index in [0.29, 0.717) is 36.3 Å². The van der Waals surface area contributed by atoms with Gasteiger partial charge in [-0.1, -0.05) is 0 Å². The molecule has 0 N–H and O–H groups in total. The summed E-state index contributed by atoms with van der Waals surface area (Å²) in [4.78, 5) is 24.5. The maximum absolute atomic E-state index is 12.6. The Kier molecular flexibility index (Phi) is 5.29. The first kappa shape index (κ1) is 18.1. The van der Waals surface area contributed by atoms with Crippen LogP contribution in [0.3, 0.4) is 0 Å². The molecule has 0 unspecified atom stereocenters. The fraction of sp³-hybridized carbons (Fsp3) is 0.263. The highest BCUT2D eigenvalue weighted by molar-refractivity contribution is 9.13. The third-order valence-electron chi connectivity index (χ3n) is 3.96. The topological polar surface area (TPSA) is 52.6 Å². The van der Waals surface area contributed by atoms with E-state index in [1.54, 1.807) is 43.3 Å². The predicted molar refractivity (Wildman–Crippen MR) is 101 cm³/mol. The summed E-state index contributed by atoms with van der Waals surface area (Å²) in [6.45, 7) is 2.11. The van der Waals surface area contributed by atoms with E-state index in [9.17, 15) is 9.59 Å². The van der Waals surface area contributed by atoms with Crippen LogP contribution in [0.2, 0.25) is 0 Å². The third-order valence-corrected chi connectivity index (χ3v) is 5.84. The molecule has 4 nitrogen and oxygen atoms in total. The molecule has 0 bridgehead atoms. The largest absolute Gasteiger partial charge is 0.476 e. The van der Waals surface area contributed by atoms with Gasteiger partial charge in [-0.15, -0.1) is 0 Å². The second kappa shape index (κ2) is 7.30. The Hall–Kier alpha value is -1.66. The molecule has 6 heteroatoms. The lowest BCUT2D eigenvalue weighted by Gasteiger charge is -2.16. The smallest absolute Gasteiger partial charge is 0.350 e. The van der Waals surface area contributed by atoms with Crippen LogP contribution in [0.5, 0.6) is 5.75 Å². The summed E-state index contributed by atoms with van der Waals surface area (Å²) < 4.78 is 12.6. The first-order valence-corrected chi connectivity index (χ1v) is 9.50. The lowest BCUT2D eigenvalue weighted by Crippen LogP contribution is -2.31. The Balaban J connectivity index is 1.73. The van der Waals surface area contributed by atoms with Gasteiger partial charge in [0.2, 0.25) is 5.60 Å². The van der Waals surface area contributed by atoms with Crippen LogP contribution in [0.1, 0.15) is 35.7 Å². The molecule has 1 aliphatic carbocycles. The monoisotopic (exact) mass is 466 g/mol. The van der Waals surface area contributed by atoms with Gasteiger partial charge in [0.25, 0.3) is 0 Å². The SMILES string of the molecule is CCOC(=O)C1(Oc2ccc(C(=O)c3ccc(Br)c(Br)c3)cc2)CC1. The van der Waals surface area contributed by atoms with Crippen LogP contribution in [-0.2, 0) is 9.53 Å². The van der Waals surface area contributed by atoms with E-state index in [0.717, 1.165) is 8.95 Å². The Morgan fingerprint density at radius 1 is 1.00 bits per heavy atom. The van der Waals surface area contributed by atoms with Gasteiger partial charge in [0.15, 0.2) is 5.78 Å². The normalized spacial score (nSPS) is 14.7. The van der Waals surface area contributed by atoms with Crippen molar-refractivity contribution in [1.82, 2.24) is 0 Å². The van der Waals surface area contributed by atoms with Gasteiger partial charge < -0.3 is 9.47 Å². The summed E-state index contributed by atoms with van der Waals surface area (Å²) in [5.74, 6) is 0.153. The summed E-state index contributed by atoms with van der Waals surface area (Å²) >= 11 is 6.79. The number of ether oxygens (including phenoxy) is 2. The van der Waals surface area contributed by atoms with Crippen molar-refractivity contribution in [2.75, 3.05) is 6.61 Å². The number of benzene rings is 2. The minimum Gasteiger partial charge on any atom is -0.476 e. The molecule has 0 heterocycles. The van der Waals surface area contributed by atoms with E-state index < -0.39 is 5.60 Å². The predicted octanol–water partition coefficient (Wildman–Crippen LogP) is 4.92. The van der Waals surface area contributed by atoms with Crippen molar-refractivity contribution in [3.63, 3.8) is 0 Å². The highest BCUT2D eigenvalue weighted by atomic mass is 79.9. The van der Waals surface area contributed by atoms with E-state index in [4.69, 9.17) is 9.47 Å². The molecule has 0 radical (unpaired) electrons. The zero-order valence-electron chi connectivity index (χ0n) is 13.6. The molecule has 3 rings (SSSR count). The number of carbonyl (C=O) groups is 2. The number of hydrogen-bond donors (Lipinski definition) is 0. The second-order valence-electron chi connectivity index (χ2n) is 5.80. The molecule has 0 aliphatic heterocycles. The van der Waals surface area contributed by atoms with Gasteiger partial charge in [0.05, 0.1) is 6.61 Å². The van der Waals surface area contributed by atoms with Crippen LogP contribution in [0.25, 0.3) is 0 Å². The van der Waals surface area contributed by atoms with Gasteiger partial charge in [-0.25, -0.2) is 4.79 Å². The Bertz CT molecular complexity index is 811. The van der Waals surface area contributed by atoms with Crippen molar-refractivity contribution in [1.29, 1.82) is 0 Å². The quantitative estimate of drug-likeness (QED) is 0.447. The minimum atomic E-state index is -0.849. The molecule has 0 atom stereocenters. The average Bonchev–Trinajstić information content (AvgIpc) is 3.38. The van der Waals surface area contributed by atoms with Gasteiger partial charge in [0.1, 0.15) is 5.75 Å². The van der Waals surface area contributed by atoms with E-state index in [-0.39, 0.29) is 11.8 Å². The molecule has 0 aromatic heterocycles. The molecular weight excluding hydrogens is 452 g/mol.